The number of nitrogens with zero attached hydrogens (tertiary/aromatic N) is 1. The minimum atomic E-state index is 0. The summed E-state index contributed by atoms with van der Waals surface area (Å²) in [6.07, 6.45) is 3.39. The molecule has 0 aromatic carbocycles. The molecular formula is C9H17Cl2N3S. The Morgan fingerprint density at radius 1 is 1.53 bits per heavy atom. The zero-order valence-corrected chi connectivity index (χ0v) is 11.1. The molecule has 1 unspecified atom stereocenters. The summed E-state index contributed by atoms with van der Waals surface area (Å²) in [5.41, 5.74) is 6.90. The van der Waals surface area contributed by atoms with E-state index in [2.05, 4.69) is 17.2 Å². The number of halogens is 2. The maximum atomic E-state index is 5.66. The highest BCUT2D eigenvalue weighted by Gasteiger charge is 2.20. The smallest absolute Gasteiger partial charge is 0.180 e. The molecule has 3 N–H and O–H groups in total. The molecule has 0 bridgehead atoms. The second kappa shape index (κ2) is 6.53. The lowest BCUT2D eigenvalue weighted by atomic mass is 9.98. The van der Waals surface area contributed by atoms with Crippen molar-refractivity contribution in [2.75, 3.05) is 12.3 Å². The Morgan fingerprint density at radius 2 is 2.27 bits per heavy atom. The summed E-state index contributed by atoms with van der Waals surface area (Å²) in [5, 5.41) is 4.20. The molecule has 0 saturated carbocycles. The van der Waals surface area contributed by atoms with Gasteiger partial charge in [0.05, 0.1) is 5.69 Å². The van der Waals surface area contributed by atoms with E-state index < -0.39 is 0 Å². The Morgan fingerprint density at radius 3 is 2.93 bits per heavy atom. The van der Waals surface area contributed by atoms with Crippen LogP contribution in [0.1, 0.15) is 23.9 Å². The summed E-state index contributed by atoms with van der Waals surface area (Å²) in [6.45, 7) is 3.20. The minimum Gasteiger partial charge on any atom is -0.375 e. The number of aromatic nitrogens is 1. The molecule has 0 saturated heterocycles. The molecule has 88 valence electrons. The van der Waals surface area contributed by atoms with Crippen LogP contribution in [0.15, 0.2) is 0 Å². The summed E-state index contributed by atoms with van der Waals surface area (Å²) in [5.74, 6) is 0. The van der Waals surface area contributed by atoms with Crippen molar-refractivity contribution < 1.29 is 0 Å². The summed E-state index contributed by atoms with van der Waals surface area (Å²) >= 11 is 1.65. The van der Waals surface area contributed by atoms with Gasteiger partial charge >= 0.3 is 0 Å². The van der Waals surface area contributed by atoms with E-state index in [9.17, 15) is 0 Å². The Balaban J connectivity index is 0.000000980. The van der Waals surface area contributed by atoms with Gasteiger partial charge in [-0.1, -0.05) is 6.92 Å². The molecule has 1 aliphatic rings. The van der Waals surface area contributed by atoms with Crippen molar-refractivity contribution in [3.05, 3.63) is 10.6 Å². The fourth-order valence-corrected chi connectivity index (χ4v) is 2.82. The van der Waals surface area contributed by atoms with Crippen LogP contribution in [0.5, 0.6) is 0 Å². The molecule has 6 heteroatoms. The van der Waals surface area contributed by atoms with Crippen molar-refractivity contribution in [3.8, 4) is 0 Å². The largest absolute Gasteiger partial charge is 0.375 e. The van der Waals surface area contributed by atoms with Crippen molar-refractivity contribution in [1.82, 2.24) is 10.3 Å². The lowest BCUT2D eigenvalue weighted by Crippen LogP contribution is -2.33. The third-order valence-corrected chi connectivity index (χ3v) is 3.40. The topological polar surface area (TPSA) is 50.9 Å². The molecule has 0 spiro atoms. The fourth-order valence-electron chi connectivity index (χ4n) is 1.86. The number of rotatable bonds is 2. The van der Waals surface area contributed by atoms with Crippen LogP contribution in [0.2, 0.25) is 0 Å². The van der Waals surface area contributed by atoms with Gasteiger partial charge in [-0.3, -0.25) is 0 Å². The van der Waals surface area contributed by atoms with Crippen molar-refractivity contribution in [3.63, 3.8) is 0 Å². The van der Waals surface area contributed by atoms with Crippen molar-refractivity contribution in [2.24, 2.45) is 0 Å². The number of hydrogen-bond acceptors (Lipinski definition) is 4. The van der Waals surface area contributed by atoms with Gasteiger partial charge < -0.3 is 11.1 Å². The van der Waals surface area contributed by atoms with Crippen LogP contribution in [0.4, 0.5) is 5.13 Å². The van der Waals surface area contributed by atoms with Crippen LogP contribution in [0.25, 0.3) is 0 Å². The van der Waals surface area contributed by atoms with Gasteiger partial charge in [0.1, 0.15) is 0 Å². The SMILES string of the molecule is CCNC1CCc2nc(N)sc2C1.Cl.Cl. The molecule has 1 aromatic heterocycles. The van der Waals surface area contributed by atoms with Gasteiger partial charge in [0.2, 0.25) is 0 Å². The Bertz CT molecular complexity index is 304. The van der Waals surface area contributed by atoms with E-state index in [0.717, 1.165) is 24.5 Å². The molecule has 2 rings (SSSR count). The number of hydrogen-bond donors (Lipinski definition) is 2. The fraction of sp³-hybridized carbons (Fsp3) is 0.667. The molecule has 0 amide bonds. The highest BCUT2D eigenvalue weighted by molar-refractivity contribution is 7.15. The quantitative estimate of drug-likeness (QED) is 0.864. The van der Waals surface area contributed by atoms with Gasteiger partial charge in [0, 0.05) is 10.9 Å². The molecule has 1 atom stereocenters. The lowest BCUT2D eigenvalue weighted by Gasteiger charge is -2.21. The Hall–Kier alpha value is -0.0300. The van der Waals surface area contributed by atoms with Gasteiger partial charge in [-0.05, 0) is 25.8 Å². The Kier molecular flexibility index (Phi) is 6.52. The first-order valence-electron chi connectivity index (χ1n) is 4.77. The van der Waals surface area contributed by atoms with Crippen LogP contribution in [0.3, 0.4) is 0 Å². The third kappa shape index (κ3) is 3.48. The molecule has 3 nitrogen and oxygen atoms in total. The zero-order valence-electron chi connectivity index (χ0n) is 8.66. The van der Waals surface area contributed by atoms with E-state index in [1.54, 1.807) is 11.3 Å². The summed E-state index contributed by atoms with van der Waals surface area (Å²) in [7, 11) is 0. The molecule has 1 aliphatic carbocycles. The van der Waals surface area contributed by atoms with Crippen LogP contribution >= 0.6 is 36.2 Å². The zero-order chi connectivity index (χ0) is 9.26. The van der Waals surface area contributed by atoms with Crippen LogP contribution in [-0.2, 0) is 12.8 Å². The Labute approximate surface area is 107 Å². The average Bonchev–Trinajstić information content (AvgIpc) is 2.44. The van der Waals surface area contributed by atoms with Gasteiger partial charge in [-0.2, -0.15) is 0 Å². The molecule has 0 aliphatic heterocycles. The predicted octanol–water partition coefficient (Wildman–Crippen LogP) is 2.04. The molecule has 1 aromatic rings. The normalized spacial score (nSPS) is 18.6. The van der Waals surface area contributed by atoms with Gasteiger partial charge in [0.15, 0.2) is 5.13 Å². The van der Waals surface area contributed by atoms with Gasteiger partial charge in [-0.25, -0.2) is 4.98 Å². The summed E-state index contributed by atoms with van der Waals surface area (Å²) < 4.78 is 0. The number of nitrogen functional groups attached to an aromatic ring is 1. The first kappa shape index (κ1) is 15.0. The van der Waals surface area contributed by atoms with Gasteiger partial charge in [-0.15, -0.1) is 36.2 Å². The van der Waals surface area contributed by atoms with E-state index in [0.29, 0.717) is 6.04 Å². The standard InChI is InChI=1S/C9H15N3S.2ClH/c1-2-11-6-3-4-7-8(5-6)13-9(10)12-7;;/h6,11H,2-5H2,1H3,(H2,10,12);2*1H. The molecule has 1 heterocycles. The van der Waals surface area contributed by atoms with E-state index in [1.165, 1.54) is 17.0 Å². The number of aryl methyl sites for hydroxylation is 1. The number of anilines is 1. The highest BCUT2D eigenvalue weighted by Crippen LogP contribution is 2.27. The number of thiazole rings is 1. The second-order valence-electron chi connectivity index (χ2n) is 3.42. The first-order valence-corrected chi connectivity index (χ1v) is 5.58. The number of nitrogens with one attached hydrogen (secondary N) is 1. The predicted molar refractivity (Wildman–Crippen MR) is 70.5 cm³/mol. The maximum Gasteiger partial charge on any atom is 0.180 e. The number of fused-ring (bicyclic) bond motifs is 1. The first-order chi connectivity index (χ1) is 6.29. The molecule has 0 radical (unpaired) electrons. The van der Waals surface area contributed by atoms with E-state index >= 15 is 0 Å². The van der Waals surface area contributed by atoms with Gasteiger partial charge in [0.25, 0.3) is 0 Å². The minimum absolute atomic E-state index is 0. The van der Waals surface area contributed by atoms with Crippen LogP contribution in [-0.4, -0.2) is 17.6 Å². The van der Waals surface area contributed by atoms with E-state index in [-0.39, 0.29) is 24.8 Å². The maximum absolute atomic E-state index is 5.66. The summed E-state index contributed by atoms with van der Waals surface area (Å²) in [4.78, 5) is 5.70. The average molecular weight is 270 g/mol. The third-order valence-electron chi connectivity index (χ3n) is 2.45. The van der Waals surface area contributed by atoms with E-state index in [4.69, 9.17) is 5.73 Å². The number of likely N-dealkylation sites (N-methyl/N-ethyl adjacent to an activating group) is 1. The van der Waals surface area contributed by atoms with Crippen LogP contribution < -0.4 is 11.1 Å². The molecule has 0 fully saturated rings. The second-order valence-corrected chi connectivity index (χ2v) is 4.53. The van der Waals surface area contributed by atoms with Crippen molar-refractivity contribution in [2.45, 2.75) is 32.2 Å². The summed E-state index contributed by atoms with van der Waals surface area (Å²) in [6, 6.07) is 0.636. The van der Waals surface area contributed by atoms with Crippen LogP contribution in [0, 0.1) is 0 Å². The lowest BCUT2D eigenvalue weighted by molar-refractivity contribution is 0.471. The van der Waals surface area contributed by atoms with E-state index in [1.807, 2.05) is 0 Å². The highest BCUT2D eigenvalue weighted by atomic mass is 35.5. The van der Waals surface area contributed by atoms with Crippen molar-refractivity contribution >= 4 is 41.3 Å². The van der Waals surface area contributed by atoms with Crippen molar-refractivity contribution in [1.29, 1.82) is 0 Å². The number of nitrogens with two attached hydrogens (primary N) is 1. The monoisotopic (exact) mass is 269 g/mol. The molecular weight excluding hydrogens is 253 g/mol. The molecule has 15 heavy (non-hydrogen) atoms.